The number of carboxylic acid groups (broad SMARTS) is 1. The topological polar surface area (TPSA) is 77.8 Å². The Bertz CT molecular complexity index is 285. The maximum absolute atomic E-state index is 9.57. The molecular weight excluding hydrogens is 244 g/mol. The Morgan fingerprint density at radius 3 is 2.42 bits per heavy atom. The molecule has 0 aliphatic heterocycles. The lowest BCUT2D eigenvalue weighted by molar-refractivity contribution is -0.134. The van der Waals surface area contributed by atoms with Gasteiger partial charge in [-0.15, -0.1) is 0 Å². The lowest BCUT2D eigenvalue weighted by Crippen LogP contribution is -2.18. The van der Waals surface area contributed by atoms with E-state index in [1.807, 2.05) is 13.8 Å². The summed E-state index contributed by atoms with van der Waals surface area (Å²) in [5.41, 5.74) is 0.993. The summed E-state index contributed by atoms with van der Waals surface area (Å²) in [4.78, 5) is 9.00. The average molecular weight is 272 g/mol. The normalized spacial score (nSPS) is 19.2. The fraction of sp³-hybridized carbons (Fsp3) is 0.800. The number of allylic oxidation sites excluding steroid dienone is 2. The van der Waals surface area contributed by atoms with E-state index in [0.717, 1.165) is 45.4 Å². The average Bonchev–Trinajstić information content (AvgIpc) is 2.27. The quantitative estimate of drug-likeness (QED) is 0.672. The van der Waals surface area contributed by atoms with Gasteiger partial charge in [0, 0.05) is 13.5 Å². The minimum absolute atomic E-state index is 0.327. The molecule has 0 aromatic heterocycles. The minimum Gasteiger partial charge on any atom is -0.481 e. The van der Waals surface area contributed by atoms with Crippen LogP contribution >= 0.6 is 0 Å². The van der Waals surface area contributed by atoms with Gasteiger partial charge in [0.05, 0.1) is 5.60 Å². The molecule has 0 amide bonds. The van der Waals surface area contributed by atoms with Crippen LogP contribution in [0.5, 0.6) is 0 Å². The van der Waals surface area contributed by atoms with E-state index < -0.39 is 11.6 Å². The number of aliphatic hydroxyl groups excluding tert-OH is 1. The zero-order valence-electron chi connectivity index (χ0n) is 12.4. The predicted octanol–water partition coefficient (Wildman–Crippen LogP) is 2.74. The van der Waals surface area contributed by atoms with Crippen LogP contribution in [0, 0.1) is 5.92 Å². The zero-order valence-corrected chi connectivity index (χ0v) is 12.4. The first-order chi connectivity index (χ1) is 8.74. The first-order valence-corrected chi connectivity index (χ1v) is 6.95. The molecule has 1 unspecified atom stereocenters. The van der Waals surface area contributed by atoms with E-state index in [1.165, 1.54) is 5.57 Å². The number of rotatable bonds is 5. The molecule has 0 radical (unpaired) electrons. The van der Waals surface area contributed by atoms with Crippen LogP contribution in [0.1, 0.15) is 59.3 Å². The summed E-state index contributed by atoms with van der Waals surface area (Å²) in [5.74, 6) is -0.344. The van der Waals surface area contributed by atoms with Gasteiger partial charge in [0.1, 0.15) is 0 Å². The van der Waals surface area contributed by atoms with Gasteiger partial charge in [-0.05, 0) is 58.3 Å². The summed E-state index contributed by atoms with van der Waals surface area (Å²) >= 11 is 0. The van der Waals surface area contributed by atoms with Gasteiger partial charge in [-0.2, -0.15) is 0 Å². The van der Waals surface area contributed by atoms with Crippen LogP contribution < -0.4 is 0 Å². The Balaban J connectivity index is 0.000000711. The Labute approximate surface area is 116 Å². The molecular formula is C15H28O4. The molecule has 0 bridgehead atoms. The zero-order chi connectivity index (χ0) is 14.9. The van der Waals surface area contributed by atoms with Crippen molar-refractivity contribution in [3.05, 3.63) is 11.6 Å². The van der Waals surface area contributed by atoms with E-state index in [1.54, 1.807) is 0 Å². The highest BCUT2D eigenvalue weighted by Crippen LogP contribution is 2.27. The van der Waals surface area contributed by atoms with Crippen molar-refractivity contribution in [1.82, 2.24) is 0 Å². The first-order valence-electron chi connectivity index (χ1n) is 6.95. The molecule has 0 aromatic rings. The molecule has 1 rings (SSSR count). The Kier molecular flexibility index (Phi) is 8.68. The van der Waals surface area contributed by atoms with Gasteiger partial charge in [0.2, 0.25) is 0 Å². The summed E-state index contributed by atoms with van der Waals surface area (Å²) in [5, 5.41) is 26.0. The molecule has 3 N–H and O–H groups in total. The second kappa shape index (κ2) is 9.10. The highest BCUT2D eigenvalue weighted by molar-refractivity contribution is 5.62. The van der Waals surface area contributed by atoms with Crippen molar-refractivity contribution in [2.24, 2.45) is 5.92 Å². The molecule has 4 nitrogen and oxygen atoms in total. The summed E-state index contributed by atoms with van der Waals surface area (Å²) in [7, 11) is 0. The van der Waals surface area contributed by atoms with E-state index in [4.69, 9.17) is 15.0 Å². The third-order valence-corrected chi connectivity index (χ3v) is 3.16. The maximum atomic E-state index is 9.57. The summed E-state index contributed by atoms with van der Waals surface area (Å²) < 4.78 is 0. The smallest absolute Gasteiger partial charge is 0.300 e. The number of hydrogen-bond acceptors (Lipinski definition) is 3. The minimum atomic E-state index is -0.833. The number of hydrogen-bond donors (Lipinski definition) is 3. The molecule has 0 aromatic carbocycles. The lowest BCUT2D eigenvalue weighted by atomic mass is 9.87. The molecule has 112 valence electrons. The molecule has 4 heteroatoms. The highest BCUT2D eigenvalue weighted by atomic mass is 16.4. The van der Waals surface area contributed by atoms with Crippen LogP contribution in [0.4, 0.5) is 0 Å². The Hall–Kier alpha value is -0.870. The van der Waals surface area contributed by atoms with E-state index >= 15 is 0 Å². The lowest BCUT2D eigenvalue weighted by Gasteiger charge is -2.21. The van der Waals surface area contributed by atoms with Crippen molar-refractivity contribution in [3.63, 3.8) is 0 Å². The van der Waals surface area contributed by atoms with Gasteiger partial charge < -0.3 is 15.3 Å². The second-order valence-electron chi connectivity index (χ2n) is 5.87. The van der Waals surface area contributed by atoms with E-state index in [-0.39, 0.29) is 0 Å². The third kappa shape index (κ3) is 11.9. The molecule has 0 saturated carbocycles. The Morgan fingerprint density at radius 2 is 2.05 bits per heavy atom. The number of carboxylic acids is 1. The monoisotopic (exact) mass is 272 g/mol. The molecule has 0 fully saturated rings. The molecule has 1 atom stereocenters. The van der Waals surface area contributed by atoms with Gasteiger partial charge in [0.25, 0.3) is 5.97 Å². The van der Waals surface area contributed by atoms with Gasteiger partial charge in [0.15, 0.2) is 0 Å². The van der Waals surface area contributed by atoms with Crippen LogP contribution in [0.15, 0.2) is 11.6 Å². The van der Waals surface area contributed by atoms with E-state index in [9.17, 15) is 5.11 Å². The summed E-state index contributed by atoms with van der Waals surface area (Å²) in [6.45, 7) is 5.14. The molecule has 1 aliphatic carbocycles. The second-order valence-corrected chi connectivity index (χ2v) is 5.87. The molecule has 19 heavy (non-hydrogen) atoms. The van der Waals surface area contributed by atoms with E-state index in [2.05, 4.69) is 6.08 Å². The van der Waals surface area contributed by atoms with Crippen LogP contribution in [0.2, 0.25) is 0 Å². The van der Waals surface area contributed by atoms with Crippen molar-refractivity contribution in [2.75, 3.05) is 6.61 Å². The number of aliphatic hydroxyl groups is 2. The Morgan fingerprint density at radius 1 is 1.47 bits per heavy atom. The van der Waals surface area contributed by atoms with Crippen LogP contribution in [-0.2, 0) is 4.79 Å². The standard InChI is InChI=1S/C13H24O2.C2H4O2/c1-13(2,15)9-3-4-11-5-7-12(10-14)8-6-11;1-2(3)4/h5,12,14-15H,3-4,6-10H2,1-2H3;1H3,(H,3,4). The van der Waals surface area contributed by atoms with Crippen molar-refractivity contribution >= 4 is 5.97 Å². The van der Waals surface area contributed by atoms with Crippen molar-refractivity contribution < 1.29 is 20.1 Å². The van der Waals surface area contributed by atoms with Gasteiger partial charge in [-0.3, -0.25) is 4.79 Å². The van der Waals surface area contributed by atoms with Gasteiger partial charge in [-0.1, -0.05) is 11.6 Å². The van der Waals surface area contributed by atoms with Crippen molar-refractivity contribution in [3.8, 4) is 0 Å². The highest BCUT2D eigenvalue weighted by Gasteiger charge is 2.15. The fourth-order valence-electron chi connectivity index (χ4n) is 2.08. The first kappa shape index (κ1) is 18.1. The largest absolute Gasteiger partial charge is 0.481 e. The van der Waals surface area contributed by atoms with E-state index in [0.29, 0.717) is 12.5 Å². The molecule has 0 saturated heterocycles. The van der Waals surface area contributed by atoms with Crippen LogP contribution in [0.3, 0.4) is 0 Å². The van der Waals surface area contributed by atoms with Crippen LogP contribution in [0.25, 0.3) is 0 Å². The SMILES string of the molecule is CC(=O)O.CC(C)(O)CCCC1=CCC(CO)CC1. The van der Waals surface area contributed by atoms with Crippen molar-refractivity contribution in [2.45, 2.75) is 64.9 Å². The summed E-state index contributed by atoms with van der Waals surface area (Å²) in [6, 6.07) is 0. The number of aliphatic carboxylic acids is 1. The van der Waals surface area contributed by atoms with Crippen molar-refractivity contribution in [1.29, 1.82) is 0 Å². The predicted molar refractivity (Wildman–Crippen MR) is 76.0 cm³/mol. The molecule has 0 spiro atoms. The third-order valence-electron chi connectivity index (χ3n) is 3.16. The molecule has 0 heterocycles. The number of carbonyl (C=O) groups is 1. The summed E-state index contributed by atoms with van der Waals surface area (Å²) in [6.07, 6.45) is 8.64. The fourth-order valence-corrected chi connectivity index (χ4v) is 2.08. The van der Waals surface area contributed by atoms with Gasteiger partial charge >= 0.3 is 0 Å². The van der Waals surface area contributed by atoms with Gasteiger partial charge in [-0.25, -0.2) is 0 Å². The van der Waals surface area contributed by atoms with Crippen LogP contribution in [-0.4, -0.2) is 33.5 Å². The maximum Gasteiger partial charge on any atom is 0.300 e. The molecule has 1 aliphatic rings.